The third-order valence-corrected chi connectivity index (χ3v) is 2.54. The van der Waals surface area contributed by atoms with Gasteiger partial charge < -0.3 is 10.1 Å². The van der Waals surface area contributed by atoms with Crippen LogP contribution in [0.1, 0.15) is 44.0 Å². The summed E-state index contributed by atoms with van der Waals surface area (Å²) in [5, 5.41) is 2.99. The van der Waals surface area contributed by atoms with Crippen molar-refractivity contribution in [3.05, 3.63) is 23.9 Å². The highest BCUT2D eigenvalue weighted by Gasteiger charge is 2.22. The van der Waals surface area contributed by atoms with Gasteiger partial charge in [-0.1, -0.05) is 13.3 Å². The molecule has 1 amide bonds. The molecule has 0 aliphatic heterocycles. The lowest BCUT2D eigenvalue weighted by Gasteiger charge is -2.25. The second kappa shape index (κ2) is 5.66. The van der Waals surface area contributed by atoms with Crippen LogP contribution in [-0.4, -0.2) is 23.5 Å². The number of hydrogen-bond acceptors (Lipinski definition) is 3. The second-order valence-electron chi connectivity index (χ2n) is 4.65. The Labute approximate surface area is 102 Å². The third-order valence-electron chi connectivity index (χ3n) is 2.54. The Balaban J connectivity index is 2.83. The van der Waals surface area contributed by atoms with E-state index in [1.165, 1.54) is 7.11 Å². The molecular formula is C13H20N2O2. The number of amides is 1. The highest BCUT2D eigenvalue weighted by atomic mass is 16.5. The van der Waals surface area contributed by atoms with Crippen LogP contribution >= 0.6 is 0 Å². The number of rotatable bonds is 5. The van der Waals surface area contributed by atoms with E-state index in [-0.39, 0.29) is 11.4 Å². The number of carbonyl (C=O) groups is 1. The van der Waals surface area contributed by atoms with E-state index in [9.17, 15) is 4.79 Å². The van der Waals surface area contributed by atoms with E-state index in [4.69, 9.17) is 4.74 Å². The summed E-state index contributed by atoms with van der Waals surface area (Å²) in [5.74, 6) is 0.214. The lowest BCUT2D eigenvalue weighted by atomic mass is 9.98. The quantitative estimate of drug-likeness (QED) is 0.854. The Morgan fingerprint density at radius 1 is 1.53 bits per heavy atom. The maximum Gasteiger partial charge on any atom is 0.257 e. The number of hydrogen-bond donors (Lipinski definition) is 1. The summed E-state index contributed by atoms with van der Waals surface area (Å²) in [6.45, 7) is 6.12. The van der Waals surface area contributed by atoms with Gasteiger partial charge in [0.1, 0.15) is 5.56 Å². The van der Waals surface area contributed by atoms with E-state index in [0.29, 0.717) is 11.4 Å². The minimum Gasteiger partial charge on any atom is -0.480 e. The first kappa shape index (κ1) is 13.5. The van der Waals surface area contributed by atoms with Crippen molar-refractivity contribution in [3.63, 3.8) is 0 Å². The normalized spacial score (nSPS) is 11.1. The number of pyridine rings is 1. The molecule has 0 atom stereocenters. The second-order valence-corrected chi connectivity index (χ2v) is 4.65. The SMILES string of the molecule is CCCC(C)(C)NC(=O)c1cccnc1OC. The van der Waals surface area contributed by atoms with Crippen LogP contribution in [0, 0.1) is 0 Å². The van der Waals surface area contributed by atoms with Crippen LogP contribution in [0.15, 0.2) is 18.3 Å². The molecule has 1 heterocycles. The molecule has 0 spiro atoms. The van der Waals surface area contributed by atoms with Gasteiger partial charge in [0.2, 0.25) is 5.88 Å². The van der Waals surface area contributed by atoms with Crippen molar-refractivity contribution in [2.75, 3.05) is 7.11 Å². The predicted molar refractivity (Wildman–Crippen MR) is 67.2 cm³/mol. The van der Waals surface area contributed by atoms with E-state index in [1.807, 2.05) is 13.8 Å². The van der Waals surface area contributed by atoms with Gasteiger partial charge in [0, 0.05) is 11.7 Å². The molecule has 0 aromatic carbocycles. The minimum absolute atomic E-state index is 0.145. The zero-order valence-electron chi connectivity index (χ0n) is 10.9. The molecule has 1 rings (SSSR count). The van der Waals surface area contributed by atoms with Crippen molar-refractivity contribution < 1.29 is 9.53 Å². The Hall–Kier alpha value is -1.58. The molecule has 0 unspecified atom stereocenters. The number of nitrogens with zero attached hydrogens (tertiary/aromatic N) is 1. The lowest BCUT2D eigenvalue weighted by Crippen LogP contribution is -2.43. The van der Waals surface area contributed by atoms with Crippen molar-refractivity contribution in [2.45, 2.75) is 39.2 Å². The Kier molecular flexibility index (Phi) is 4.49. The summed E-state index contributed by atoms with van der Waals surface area (Å²) >= 11 is 0. The molecule has 0 saturated heterocycles. The highest BCUT2D eigenvalue weighted by Crippen LogP contribution is 2.16. The van der Waals surface area contributed by atoms with Crippen LogP contribution < -0.4 is 10.1 Å². The Morgan fingerprint density at radius 2 is 2.24 bits per heavy atom. The van der Waals surface area contributed by atoms with Gasteiger partial charge in [0.15, 0.2) is 0 Å². The molecule has 17 heavy (non-hydrogen) atoms. The average molecular weight is 236 g/mol. The van der Waals surface area contributed by atoms with E-state index in [2.05, 4.69) is 17.2 Å². The summed E-state index contributed by atoms with van der Waals surface area (Å²) in [7, 11) is 1.51. The molecule has 1 aromatic heterocycles. The standard InChI is InChI=1S/C13H20N2O2/c1-5-8-13(2,3)15-11(16)10-7-6-9-14-12(10)17-4/h6-7,9H,5,8H2,1-4H3,(H,15,16). The molecule has 0 saturated carbocycles. The Morgan fingerprint density at radius 3 is 2.82 bits per heavy atom. The molecule has 0 bridgehead atoms. The molecule has 0 aliphatic carbocycles. The van der Waals surface area contributed by atoms with Gasteiger partial charge in [-0.3, -0.25) is 4.79 Å². The number of aromatic nitrogens is 1. The van der Waals surface area contributed by atoms with Gasteiger partial charge in [0.25, 0.3) is 5.91 Å². The van der Waals surface area contributed by atoms with Gasteiger partial charge in [0.05, 0.1) is 7.11 Å². The summed E-state index contributed by atoms with van der Waals surface area (Å²) in [6.07, 6.45) is 3.56. The fourth-order valence-electron chi connectivity index (χ4n) is 1.79. The fourth-order valence-corrected chi connectivity index (χ4v) is 1.79. The van der Waals surface area contributed by atoms with Crippen molar-refractivity contribution in [1.82, 2.24) is 10.3 Å². The van der Waals surface area contributed by atoms with Crippen LogP contribution in [0.4, 0.5) is 0 Å². The fraction of sp³-hybridized carbons (Fsp3) is 0.538. The average Bonchev–Trinajstić information content (AvgIpc) is 2.28. The molecule has 4 heteroatoms. The molecule has 0 aliphatic rings. The zero-order chi connectivity index (χ0) is 12.9. The summed E-state index contributed by atoms with van der Waals surface area (Å²) < 4.78 is 5.07. The highest BCUT2D eigenvalue weighted by molar-refractivity contribution is 5.96. The van der Waals surface area contributed by atoms with Gasteiger partial charge in [-0.15, -0.1) is 0 Å². The topological polar surface area (TPSA) is 51.2 Å². The van der Waals surface area contributed by atoms with Crippen LogP contribution in [-0.2, 0) is 0 Å². The van der Waals surface area contributed by atoms with Gasteiger partial charge in [-0.2, -0.15) is 0 Å². The first-order valence-corrected chi connectivity index (χ1v) is 5.81. The summed E-state index contributed by atoms with van der Waals surface area (Å²) in [4.78, 5) is 16.1. The molecule has 1 aromatic rings. The van der Waals surface area contributed by atoms with Crippen molar-refractivity contribution in [3.8, 4) is 5.88 Å². The molecule has 94 valence electrons. The van der Waals surface area contributed by atoms with Crippen LogP contribution in [0.5, 0.6) is 5.88 Å². The van der Waals surface area contributed by atoms with E-state index < -0.39 is 0 Å². The Bertz CT molecular complexity index is 389. The van der Waals surface area contributed by atoms with Crippen LogP contribution in [0.3, 0.4) is 0 Å². The maximum atomic E-state index is 12.1. The molecule has 0 fully saturated rings. The number of nitrogens with one attached hydrogen (secondary N) is 1. The van der Waals surface area contributed by atoms with Crippen molar-refractivity contribution >= 4 is 5.91 Å². The van der Waals surface area contributed by atoms with Crippen LogP contribution in [0.25, 0.3) is 0 Å². The number of ether oxygens (including phenoxy) is 1. The summed E-state index contributed by atoms with van der Waals surface area (Å²) in [5.41, 5.74) is 0.256. The van der Waals surface area contributed by atoms with Crippen molar-refractivity contribution in [1.29, 1.82) is 0 Å². The monoisotopic (exact) mass is 236 g/mol. The predicted octanol–water partition coefficient (Wildman–Crippen LogP) is 2.40. The summed E-state index contributed by atoms with van der Waals surface area (Å²) in [6, 6.07) is 3.44. The lowest BCUT2D eigenvalue weighted by molar-refractivity contribution is 0.0905. The van der Waals surface area contributed by atoms with E-state index in [1.54, 1.807) is 18.3 Å². The van der Waals surface area contributed by atoms with Gasteiger partial charge in [-0.05, 0) is 32.4 Å². The van der Waals surface area contributed by atoms with Gasteiger partial charge in [-0.25, -0.2) is 4.98 Å². The smallest absolute Gasteiger partial charge is 0.257 e. The maximum absolute atomic E-state index is 12.1. The van der Waals surface area contributed by atoms with Crippen LogP contribution in [0.2, 0.25) is 0 Å². The molecule has 0 radical (unpaired) electrons. The number of carbonyl (C=O) groups excluding carboxylic acids is 1. The third kappa shape index (κ3) is 3.73. The molecule has 1 N–H and O–H groups in total. The largest absolute Gasteiger partial charge is 0.480 e. The minimum atomic E-state index is -0.216. The van der Waals surface area contributed by atoms with E-state index >= 15 is 0 Å². The van der Waals surface area contributed by atoms with Crippen molar-refractivity contribution in [2.24, 2.45) is 0 Å². The zero-order valence-corrected chi connectivity index (χ0v) is 10.9. The first-order valence-electron chi connectivity index (χ1n) is 5.81. The molecular weight excluding hydrogens is 216 g/mol. The number of methoxy groups -OCH3 is 1. The first-order chi connectivity index (χ1) is 8.00. The van der Waals surface area contributed by atoms with E-state index in [0.717, 1.165) is 12.8 Å². The van der Waals surface area contributed by atoms with Gasteiger partial charge >= 0.3 is 0 Å². The molecule has 4 nitrogen and oxygen atoms in total.